The fourth-order valence-corrected chi connectivity index (χ4v) is 4.57. The molecule has 0 atom stereocenters. The summed E-state index contributed by atoms with van der Waals surface area (Å²) in [4.78, 5) is 28.9. The molecule has 11 heteroatoms. The van der Waals surface area contributed by atoms with Gasteiger partial charge in [0.15, 0.2) is 0 Å². The van der Waals surface area contributed by atoms with E-state index in [1.165, 1.54) is 19.8 Å². The van der Waals surface area contributed by atoms with Gasteiger partial charge in [0.2, 0.25) is 5.88 Å². The van der Waals surface area contributed by atoms with Crippen LogP contribution in [0.25, 0.3) is 0 Å². The van der Waals surface area contributed by atoms with Crippen LogP contribution in [0.3, 0.4) is 0 Å². The van der Waals surface area contributed by atoms with Crippen LogP contribution in [0.2, 0.25) is 0 Å². The number of carbonyl (C=O) groups excluding carboxylic acids is 2. The molecule has 0 saturated carbocycles. The van der Waals surface area contributed by atoms with Gasteiger partial charge < -0.3 is 20.3 Å². The number of nitrogens with zero attached hydrogens (tertiary/aromatic N) is 3. The zero-order valence-electron chi connectivity index (χ0n) is 19.5. The molecule has 8 nitrogen and oxygen atoms in total. The van der Waals surface area contributed by atoms with Crippen molar-refractivity contribution in [2.45, 2.75) is 46.1 Å². The second-order valence-electron chi connectivity index (χ2n) is 8.30. The molecular formula is C23H31F2N5O3S. The molecule has 1 aromatic heterocycles. The Balaban J connectivity index is 1.59. The second-order valence-corrected chi connectivity index (χ2v) is 9.08. The lowest BCUT2D eigenvalue weighted by Gasteiger charge is -2.22. The third-order valence-corrected chi connectivity index (χ3v) is 6.59. The summed E-state index contributed by atoms with van der Waals surface area (Å²) >= 11 is 0.842. The maximum Gasteiger partial charge on any atom is 0.322 e. The minimum atomic E-state index is -0.844. The monoisotopic (exact) mass is 495 g/mol. The Hall–Kier alpha value is -2.79. The van der Waals surface area contributed by atoms with Crippen LogP contribution in [0.15, 0.2) is 12.1 Å². The van der Waals surface area contributed by atoms with Crippen molar-refractivity contribution < 1.29 is 23.1 Å². The number of aryl methyl sites for hydroxylation is 1. The van der Waals surface area contributed by atoms with Crippen molar-refractivity contribution in [1.29, 1.82) is 0 Å². The summed E-state index contributed by atoms with van der Waals surface area (Å²) in [6.45, 7) is 7.40. The standard InChI is InChI=1S/C23H31F2N5O3S/c1-3-30(11-7-6-10-29-8-4-5-9-29)23(32)27-22-19(20(26)31)21(28-34-22)33-14-16-13-17(24)15(2)12-18(16)25/h12-13H,3-11,14H2,1-2H3,(H2,26,31)(H,27,32). The number of nitrogens with one attached hydrogen (secondary N) is 1. The quantitative estimate of drug-likeness (QED) is 0.457. The number of hydrogen-bond acceptors (Lipinski definition) is 6. The number of anilines is 1. The topological polar surface area (TPSA) is 101 Å². The van der Waals surface area contributed by atoms with Gasteiger partial charge in [0.05, 0.1) is 0 Å². The van der Waals surface area contributed by atoms with Crippen molar-refractivity contribution in [1.82, 2.24) is 14.2 Å². The average molecular weight is 496 g/mol. The minimum Gasteiger partial charge on any atom is -0.471 e. The summed E-state index contributed by atoms with van der Waals surface area (Å²) in [6, 6.07) is 1.74. The Kier molecular flexibility index (Phi) is 9.17. The molecule has 2 aromatic rings. The van der Waals surface area contributed by atoms with E-state index in [0.717, 1.165) is 56.1 Å². The maximum atomic E-state index is 14.1. The van der Waals surface area contributed by atoms with E-state index in [1.807, 2.05) is 6.92 Å². The van der Waals surface area contributed by atoms with Crippen LogP contribution in [0.4, 0.5) is 18.6 Å². The van der Waals surface area contributed by atoms with Gasteiger partial charge in [-0.2, -0.15) is 4.37 Å². The molecule has 3 N–H and O–H groups in total. The van der Waals surface area contributed by atoms with Gasteiger partial charge in [-0.1, -0.05) is 0 Å². The first-order chi connectivity index (χ1) is 16.3. The number of ether oxygens (including phenoxy) is 1. The van der Waals surface area contributed by atoms with E-state index in [2.05, 4.69) is 14.6 Å². The fourth-order valence-electron chi connectivity index (χ4n) is 3.84. The average Bonchev–Trinajstić information content (AvgIpc) is 3.45. The molecule has 0 radical (unpaired) electrons. The van der Waals surface area contributed by atoms with Gasteiger partial charge in [-0.3, -0.25) is 10.1 Å². The van der Waals surface area contributed by atoms with Gasteiger partial charge in [0.1, 0.15) is 28.8 Å². The zero-order chi connectivity index (χ0) is 24.7. The number of urea groups is 1. The van der Waals surface area contributed by atoms with E-state index in [-0.39, 0.29) is 40.2 Å². The summed E-state index contributed by atoms with van der Waals surface area (Å²) < 4.78 is 37.4. The maximum absolute atomic E-state index is 14.1. The highest BCUT2D eigenvalue weighted by Crippen LogP contribution is 2.31. The molecular weight excluding hydrogens is 464 g/mol. The first kappa shape index (κ1) is 25.8. The third-order valence-electron chi connectivity index (χ3n) is 5.84. The Labute approximate surface area is 202 Å². The summed E-state index contributed by atoms with van der Waals surface area (Å²) in [5.41, 5.74) is 5.54. The van der Waals surface area contributed by atoms with Crippen molar-refractivity contribution in [3.05, 3.63) is 40.5 Å². The molecule has 1 saturated heterocycles. The Bertz CT molecular complexity index is 1010. The highest BCUT2D eigenvalue weighted by Gasteiger charge is 2.24. The number of aromatic nitrogens is 1. The highest BCUT2D eigenvalue weighted by molar-refractivity contribution is 7.11. The Morgan fingerprint density at radius 2 is 1.97 bits per heavy atom. The molecule has 0 spiro atoms. The number of unbranched alkanes of at least 4 members (excludes halogenated alkanes) is 1. The lowest BCUT2D eigenvalue weighted by atomic mass is 10.1. The number of rotatable bonds is 11. The lowest BCUT2D eigenvalue weighted by Crippen LogP contribution is -2.36. The molecule has 1 aliphatic rings. The number of benzene rings is 1. The highest BCUT2D eigenvalue weighted by atomic mass is 32.1. The van der Waals surface area contributed by atoms with E-state index in [4.69, 9.17) is 10.5 Å². The van der Waals surface area contributed by atoms with Crippen LogP contribution in [0, 0.1) is 18.6 Å². The van der Waals surface area contributed by atoms with Gasteiger partial charge in [0, 0.05) is 18.7 Å². The van der Waals surface area contributed by atoms with Crippen molar-refractivity contribution in [3.63, 3.8) is 0 Å². The van der Waals surface area contributed by atoms with Gasteiger partial charge in [-0.15, -0.1) is 0 Å². The smallest absolute Gasteiger partial charge is 0.322 e. The molecule has 3 amide bonds. The number of nitrogens with two attached hydrogens (primary N) is 1. The first-order valence-corrected chi connectivity index (χ1v) is 12.2. The number of carbonyl (C=O) groups is 2. The molecule has 186 valence electrons. The molecule has 0 bridgehead atoms. The van der Waals surface area contributed by atoms with E-state index in [0.29, 0.717) is 13.1 Å². The van der Waals surface area contributed by atoms with Gasteiger partial charge in [-0.25, -0.2) is 13.6 Å². The summed E-state index contributed by atoms with van der Waals surface area (Å²) in [6.07, 6.45) is 4.38. The fraction of sp³-hybridized carbons (Fsp3) is 0.522. The number of halogens is 2. The predicted molar refractivity (Wildman–Crippen MR) is 127 cm³/mol. The molecule has 2 heterocycles. The summed E-state index contributed by atoms with van der Waals surface area (Å²) in [7, 11) is 0. The number of primary amides is 1. The number of likely N-dealkylation sites (tertiary alicyclic amines) is 1. The van der Waals surface area contributed by atoms with E-state index in [9.17, 15) is 18.4 Å². The van der Waals surface area contributed by atoms with Crippen molar-refractivity contribution in [2.75, 3.05) is 38.0 Å². The van der Waals surface area contributed by atoms with Crippen molar-refractivity contribution in [3.8, 4) is 5.88 Å². The number of hydrogen-bond donors (Lipinski definition) is 2. The molecule has 1 aromatic carbocycles. The molecule has 34 heavy (non-hydrogen) atoms. The predicted octanol–water partition coefficient (Wildman–Crippen LogP) is 4.14. The van der Waals surface area contributed by atoms with Crippen molar-refractivity contribution in [2.24, 2.45) is 5.73 Å². The normalized spacial score (nSPS) is 13.8. The summed E-state index contributed by atoms with van der Waals surface area (Å²) in [5.74, 6) is -2.18. The van der Waals surface area contributed by atoms with Gasteiger partial charge >= 0.3 is 6.03 Å². The zero-order valence-corrected chi connectivity index (χ0v) is 20.4. The van der Waals surface area contributed by atoms with Crippen LogP contribution in [0.1, 0.15) is 54.1 Å². The Morgan fingerprint density at radius 3 is 2.65 bits per heavy atom. The van der Waals surface area contributed by atoms with Crippen LogP contribution in [-0.4, -0.2) is 58.8 Å². The van der Waals surface area contributed by atoms with Crippen molar-refractivity contribution >= 4 is 28.5 Å². The molecule has 3 rings (SSSR count). The molecule has 1 aliphatic heterocycles. The van der Waals surface area contributed by atoms with E-state index >= 15 is 0 Å². The van der Waals surface area contributed by atoms with Crippen LogP contribution in [-0.2, 0) is 6.61 Å². The molecule has 0 aliphatic carbocycles. The van der Waals surface area contributed by atoms with Gasteiger partial charge in [0.25, 0.3) is 5.91 Å². The largest absolute Gasteiger partial charge is 0.471 e. The second kappa shape index (κ2) is 12.1. The van der Waals surface area contributed by atoms with E-state index < -0.39 is 17.5 Å². The molecule has 1 fully saturated rings. The summed E-state index contributed by atoms with van der Waals surface area (Å²) in [5, 5.41) is 2.84. The van der Waals surface area contributed by atoms with E-state index in [1.54, 1.807) is 4.90 Å². The molecule has 0 unspecified atom stereocenters. The Morgan fingerprint density at radius 1 is 1.24 bits per heavy atom. The van der Waals surface area contributed by atoms with Crippen LogP contribution >= 0.6 is 11.5 Å². The first-order valence-electron chi connectivity index (χ1n) is 11.4. The number of amides is 3. The van der Waals surface area contributed by atoms with Gasteiger partial charge in [-0.05, 0) is 88.4 Å². The van der Waals surface area contributed by atoms with Crippen LogP contribution in [0.5, 0.6) is 5.88 Å². The lowest BCUT2D eigenvalue weighted by molar-refractivity contribution is 0.0996. The SMILES string of the molecule is CCN(CCCCN1CCCC1)C(=O)Nc1snc(OCc2cc(F)c(C)cc2F)c1C(N)=O. The third kappa shape index (κ3) is 6.63. The van der Waals surface area contributed by atoms with Crippen LogP contribution < -0.4 is 15.8 Å². The minimum absolute atomic E-state index is 0.0248.